The zero-order valence-electron chi connectivity index (χ0n) is 14.4. The highest BCUT2D eigenvalue weighted by Gasteiger charge is 2.17. The van der Waals surface area contributed by atoms with Crippen LogP contribution in [0.4, 0.5) is 0 Å². The van der Waals surface area contributed by atoms with Crippen LogP contribution >= 0.6 is 0 Å². The Hall–Kier alpha value is -1.59. The third-order valence-corrected chi connectivity index (χ3v) is 4.03. The Morgan fingerprint density at radius 2 is 2.35 bits per heavy atom. The average molecular weight is 320 g/mol. The van der Waals surface area contributed by atoms with E-state index in [1.807, 2.05) is 25.1 Å². The summed E-state index contributed by atoms with van der Waals surface area (Å²) >= 11 is 0. The monoisotopic (exact) mass is 320 g/mol. The molecule has 5 nitrogen and oxygen atoms in total. The molecule has 2 atom stereocenters. The highest BCUT2D eigenvalue weighted by Crippen LogP contribution is 2.22. The Labute approximate surface area is 138 Å². The van der Waals surface area contributed by atoms with Gasteiger partial charge in [-0.1, -0.05) is 19.1 Å². The van der Waals surface area contributed by atoms with Gasteiger partial charge in [-0.2, -0.15) is 0 Å². The van der Waals surface area contributed by atoms with Gasteiger partial charge in [-0.3, -0.25) is 4.79 Å². The number of carbonyl (C=O) groups is 1. The van der Waals surface area contributed by atoms with Crippen LogP contribution < -0.4 is 15.4 Å². The lowest BCUT2D eigenvalue weighted by atomic mass is 10.1. The Morgan fingerprint density at radius 3 is 3.04 bits per heavy atom. The third kappa shape index (κ3) is 5.84. The number of rotatable bonds is 7. The van der Waals surface area contributed by atoms with E-state index in [4.69, 9.17) is 9.47 Å². The van der Waals surface area contributed by atoms with Crippen molar-refractivity contribution in [1.82, 2.24) is 10.6 Å². The summed E-state index contributed by atoms with van der Waals surface area (Å²) in [6.45, 7) is 8.81. The van der Waals surface area contributed by atoms with Crippen LogP contribution in [-0.2, 0) is 16.1 Å². The summed E-state index contributed by atoms with van der Waals surface area (Å²) in [6.07, 6.45) is 1.55. The van der Waals surface area contributed by atoms with Crippen LogP contribution in [0.2, 0.25) is 0 Å². The van der Waals surface area contributed by atoms with Crippen molar-refractivity contribution < 1.29 is 14.3 Å². The van der Waals surface area contributed by atoms with Crippen molar-refractivity contribution in [3.05, 3.63) is 29.3 Å². The van der Waals surface area contributed by atoms with E-state index in [2.05, 4.69) is 24.5 Å². The van der Waals surface area contributed by atoms with Gasteiger partial charge in [0.1, 0.15) is 5.75 Å². The maximum Gasteiger partial charge on any atom is 0.221 e. The second-order valence-corrected chi connectivity index (χ2v) is 6.15. The molecule has 0 spiro atoms. The van der Waals surface area contributed by atoms with E-state index in [0.29, 0.717) is 19.6 Å². The fourth-order valence-electron chi connectivity index (χ4n) is 2.46. The largest absolute Gasteiger partial charge is 0.490 e. The van der Waals surface area contributed by atoms with Crippen LogP contribution in [0.15, 0.2) is 18.2 Å². The first-order valence-corrected chi connectivity index (χ1v) is 8.42. The summed E-state index contributed by atoms with van der Waals surface area (Å²) in [7, 11) is 0. The minimum Gasteiger partial charge on any atom is -0.490 e. The van der Waals surface area contributed by atoms with Crippen molar-refractivity contribution in [3.63, 3.8) is 0 Å². The molecule has 0 aliphatic carbocycles. The molecule has 1 fully saturated rings. The van der Waals surface area contributed by atoms with Crippen LogP contribution in [0.25, 0.3) is 0 Å². The highest BCUT2D eigenvalue weighted by molar-refractivity contribution is 5.76. The van der Waals surface area contributed by atoms with Gasteiger partial charge in [-0.25, -0.2) is 0 Å². The molecule has 2 N–H and O–H groups in total. The van der Waals surface area contributed by atoms with Crippen LogP contribution in [0, 0.1) is 6.92 Å². The second kappa shape index (κ2) is 8.89. The Morgan fingerprint density at radius 1 is 1.52 bits per heavy atom. The lowest BCUT2D eigenvalue weighted by Crippen LogP contribution is -2.44. The molecular formula is C18H28N2O3. The van der Waals surface area contributed by atoms with Gasteiger partial charge in [-0.05, 0) is 31.9 Å². The summed E-state index contributed by atoms with van der Waals surface area (Å²) in [5.74, 6) is 0.891. The van der Waals surface area contributed by atoms with Crippen LogP contribution in [0.5, 0.6) is 5.75 Å². The summed E-state index contributed by atoms with van der Waals surface area (Å²) in [5, 5.41) is 6.27. The lowest BCUT2D eigenvalue weighted by Gasteiger charge is -2.23. The fourth-order valence-corrected chi connectivity index (χ4v) is 2.46. The number of morpholine rings is 1. The van der Waals surface area contributed by atoms with Gasteiger partial charge in [0.25, 0.3) is 0 Å². The van der Waals surface area contributed by atoms with E-state index in [1.54, 1.807) is 0 Å². The first-order valence-electron chi connectivity index (χ1n) is 8.42. The molecule has 5 heteroatoms. The van der Waals surface area contributed by atoms with E-state index in [-0.39, 0.29) is 18.1 Å². The summed E-state index contributed by atoms with van der Waals surface area (Å²) in [6, 6.07) is 6.21. The Bertz CT molecular complexity index is 513. The minimum absolute atomic E-state index is 0.0306. The number of hydrogen-bond donors (Lipinski definition) is 2. The molecule has 1 amide bonds. The fraction of sp³-hybridized carbons (Fsp3) is 0.611. The van der Waals surface area contributed by atoms with Gasteiger partial charge >= 0.3 is 0 Å². The van der Waals surface area contributed by atoms with E-state index >= 15 is 0 Å². The van der Waals surface area contributed by atoms with E-state index in [1.165, 1.54) is 0 Å². The van der Waals surface area contributed by atoms with E-state index in [9.17, 15) is 4.79 Å². The molecule has 0 saturated carbocycles. The molecule has 1 saturated heterocycles. The molecule has 1 aromatic carbocycles. The van der Waals surface area contributed by atoms with Gasteiger partial charge < -0.3 is 20.1 Å². The normalized spacial score (nSPS) is 19.2. The number of aryl methyl sites for hydroxylation is 1. The lowest BCUT2D eigenvalue weighted by molar-refractivity contribution is -0.122. The number of ether oxygens (including phenoxy) is 2. The van der Waals surface area contributed by atoms with Crippen LogP contribution in [0.3, 0.4) is 0 Å². The number of carbonyl (C=O) groups excluding carboxylic acids is 1. The van der Waals surface area contributed by atoms with Gasteiger partial charge in [0, 0.05) is 31.1 Å². The molecular weight excluding hydrogens is 292 g/mol. The molecule has 2 unspecified atom stereocenters. The molecule has 1 aliphatic heterocycles. The first-order chi connectivity index (χ1) is 11.1. The third-order valence-electron chi connectivity index (χ3n) is 4.03. The zero-order valence-corrected chi connectivity index (χ0v) is 14.4. The van der Waals surface area contributed by atoms with Crippen molar-refractivity contribution >= 4 is 5.91 Å². The van der Waals surface area contributed by atoms with E-state index in [0.717, 1.165) is 36.4 Å². The van der Waals surface area contributed by atoms with Gasteiger partial charge in [0.05, 0.1) is 19.3 Å². The predicted octanol–water partition coefficient (Wildman–Crippen LogP) is 2.17. The average Bonchev–Trinajstić information content (AvgIpc) is 2.55. The molecule has 0 bridgehead atoms. The molecule has 1 aromatic rings. The van der Waals surface area contributed by atoms with E-state index < -0.39 is 0 Å². The van der Waals surface area contributed by atoms with Crippen molar-refractivity contribution in [2.45, 2.75) is 52.3 Å². The minimum atomic E-state index is 0.0306. The Balaban J connectivity index is 1.89. The van der Waals surface area contributed by atoms with Crippen LogP contribution in [0.1, 0.15) is 37.8 Å². The quantitative estimate of drug-likeness (QED) is 0.808. The maximum absolute atomic E-state index is 12.1. The van der Waals surface area contributed by atoms with Gasteiger partial charge in [-0.15, -0.1) is 0 Å². The summed E-state index contributed by atoms with van der Waals surface area (Å²) in [5.41, 5.74) is 2.17. The predicted molar refractivity (Wildman–Crippen MR) is 90.6 cm³/mol. The molecule has 0 radical (unpaired) electrons. The maximum atomic E-state index is 12.1. The Kier molecular flexibility index (Phi) is 6.86. The standard InChI is InChI=1S/C18H28N2O3/c1-4-14(3)23-17-9-13(2)5-6-15(17)11-20-18(21)10-16-12-22-8-7-19-16/h5-6,9,14,16,19H,4,7-8,10-12H2,1-3H3,(H,20,21). The summed E-state index contributed by atoms with van der Waals surface area (Å²) in [4.78, 5) is 12.1. The first kappa shape index (κ1) is 17.8. The van der Waals surface area contributed by atoms with Crippen molar-refractivity contribution in [2.75, 3.05) is 19.8 Å². The molecule has 1 aliphatic rings. The smallest absolute Gasteiger partial charge is 0.221 e. The zero-order chi connectivity index (χ0) is 16.7. The number of amides is 1. The van der Waals surface area contributed by atoms with Gasteiger partial charge in [0.15, 0.2) is 0 Å². The van der Waals surface area contributed by atoms with Crippen molar-refractivity contribution in [1.29, 1.82) is 0 Å². The topological polar surface area (TPSA) is 59.6 Å². The van der Waals surface area contributed by atoms with Gasteiger partial charge in [0.2, 0.25) is 5.91 Å². The number of nitrogens with one attached hydrogen (secondary N) is 2. The SMILES string of the molecule is CCC(C)Oc1cc(C)ccc1CNC(=O)CC1COCCN1. The van der Waals surface area contributed by atoms with Crippen LogP contribution in [-0.4, -0.2) is 37.8 Å². The molecule has 2 rings (SSSR count). The van der Waals surface area contributed by atoms with Crippen molar-refractivity contribution in [2.24, 2.45) is 0 Å². The summed E-state index contributed by atoms with van der Waals surface area (Å²) < 4.78 is 11.3. The second-order valence-electron chi connectivity index (χ2n) is 6.15. The molecule has 1 heterocycles. The van der Waals surface area contributed by atoms with Crippen molar-refractivity contribution in [3.8, 4) is 5.75 Å². The molecule has 0 aromatic heterocycles. The number of hydrogen-bond acceptors (Lipinski definition) is 4. The number of benzene rings is 1. The highest BCUT2D eigenvalue weighted by atomic mass is 16.5. The molecule has 128 valence electrons. The molecule has 23 heavy (non-hydrogen) atoms.